The van der Waals surface area contributed by atoms with Crippen LogP contribution < -0.4 is 0 Å². The maximum Gasteiger partial charge on any atom is 0.330 e. The molecule has 2 heterocycles. The van der Waals surface area contributed by atoms with Crippen molar-refractivity contribution in [2.24, 2.45) is 5.92 Å². The molecule has 0 unspecified atom stereocenters. The Bertz CT molecular complexity index is 587. The number of esters is 1. The van der Waals surface area contributed by atoms with Crippen molar-refractivity contribution in [3.8, 4) is 0 Å². The molecule has 1 amide bonds. The molecule has 1 aromatic carbocycles. The van der Waals surface area contributed by atoms with Crippen LogP contribution in [-0.2, 0) is 20.9 Å². The highest BCUT2D eigenvalue weighted by Crippen LogP contribution is 2.54. The summed E-state index contributed by atoms with van der Waals surface area (Å²) in [5, 5.41) is 0.127. The highest BCUT2D eigenvalue weighted by Gasteiger charge is 2.63. The summed E-state index contributed by atoms with van der Waals surface area (Å²) in [6, 6.07) is 9.12. The van der Waals surface area contributed by atoms with Crippen molar-refractivity contribution < 1.29 is 14.3 Å². The molecular formula is C17H21NO3S. The number of ether oxygens (including phenoxy) is 1. The first-order chi connectivity index (χ1) is 10.5. The molecule has 5 heteroatoms. The second kappa shape index (κ2) is 5.61. The average Bonchev–Trinajstić information content (AvgIpc) is 2.74. The lowest BCUT2D eigenvalue weighted by Crippen LogP contribution is -2.62. The van der Waals surface area contributed by atoms with Gasteiger partial charge in [0, 0.05) is 4.75 Å². The molecule has 0 spiro atoms. The smallest absolute Gasteiger partial charge is 0.330 e. The molecule has 2 aliphatic rings. The Kier molecular flexibility index (Phi) is 3.93. The molecule has 2 saturated heterocycles. The third kappa shape index (κ3) is 2.41. The molecule has 0 aromatic heterocycles. The number of β-lactam (4-membered cyclic amide) rings is 1. The third-order valence-electron chi connectivity index (χ3n) is 4.44. The maximum atomic E-state index is 12.5. The number of carbonyl (C=O) groups is 2. The molecular weight excluding hydrogens is 298 g/mol. The quantitative estimate of drug-likeness (QED) is 0.632. The number of hydrogen-bond donors (Lipinski definition) is 0. The minimum atomic E-state index is -0.485. The van der Waals surface area contributed by atoms with E-state index in [1.807, 2.05) is 51.1 Å². The summed E-state index contributed by atoms with van der Waals surface area (Å²) < 4.78 is 5.16. The molecule has 0 radical (unpaired) electrons. The summed E-state index contributed by atoms with van der Waals surface area (Å²) in [6.45, 7) is 6.31. The molecule has 1 aromatic rings. The predicted molar refractivity (Wildman–Crippen MR) is 86.1 cm³/mol. The van der Waals surface area contributed by atoms with E-state index < -0.39 is 6.04 Å². The van der Waals surface area contributed by atoms with Crippen LogP contribution in [0, 0.1) is 5.92 Å². The molecule has 4 nitrogen and oxygen atoms in total. The lowest BCUT2D eigenvalue weighted by Gasteiger charge is -2.43. The fourth-order valence-electron chi connectivity index (χ4n) is 3.26. The molecule has 2 fully saturated rings. The third-order valence-corrected chi connectivity index (χ3v) is 6.07. The van der Waals surface area contributed by atoms with Crippen LogP contribution in [0.15, 0.2) is 30.3 Å². The molecule has 0 aliphatic carbocycles. The van der Waals surface area contributed by atoms with Gasteiger partial charge in [-0.15, -0.1) is 11.8 Å². The van der Waals surface area contributed by atoms with E-state index in [0.29, 0.717) is 0 Å². The van der Waals surface area contributed by atoms with E-state index in [9.17, 15) is 9.59 Å². The molecule has 0 bridgehead atoms. The van der Waals surface area contributed by atoms with Crippen LogP contribution in [0.3, 0.4) is 0 Å². The van der Waals surface area contributed by atoms with Gasteiger partial charge in [-0.1, -0.05) is 37.3 Å². The van der Waals surface area contributed by atoms with Crippen molar-refractivity contribution in [3.05, 3.63) is 35.9 Å². The van der Waals surface area contributed by atoms with Crippen LogP contribution in [0.5, 0.6) is 0 Å². The summed E-state index contributed by atoms with van der Waals surface area (Å²) in [7, 11) is 0. The normalized spacial score (nSPS) is 29.0. The first-order valence-electron chi connectivity index (χ1n) is 7.66. The van der Waals surface area contributed by atoms with Gasteiger partial charge in [0.15, 0.2) is 0 Å². The predicted octanol–water partition coefficient (Wildman–Crippen LogP) is 2.82. The average molecular weight is 319 g/mol. The number of amides is 1. The number of nitrogens with zero attached hydrogens (tertiary/aromatic N) is 1. The van der Waals surface area contributed by atoms with Gasteiger partial charge in [-0.3, -0.25) is 4.79 Å². The number of fused-ring (bicyclic) bond motifs is 1. The molecule has 0 saturated carbocycles. The van der Waals surface area contributed by atoms with E-state index in [1.54, 1.807) is 16.7 Å². The van der Waals surface area contributed by atoms with E-state index in [1.165, 1.54) is 0 Å². The zero-order valence-electron chi connectivity index (χ0n) is 13.1. The molecule has 22 heavy (non-hydrogen) atoms. The van der Waals surface area contributed by atoms with Crippen molar-refractivity contribution in [1.82, 2.24) is 4.90 Å². The molecule has 2 aliphatic heterocycles. The highest BCUT2D eigenvalue weighted by molar-refractivity contribution is 8.01. The molecule has 3 atom stereocenters. The van der Waals surface area contributed by atoms with Gasteiger partial charge in [0.1, 0.15) is 12.6 Å². The molecule has 118 valence electrons. The zero-order chi connectivity index (χ0) is 15.9. The fourth-order valence-corrected chi connectivity index (χ4v) is 5.03. The van der Waals surface area contributed by atoms with Crippen molar-refractivity contribution in [3.63, 3.8) is 0 Å². The summed E-state index contributed by atoms with van der Waals surface area (Å²) in [5.41, 5.74) is 0.956. The Morgan fingerprint density at radius 1 is 1.32 bits per heavy atom. The van der Waals surface area contributed by atoms with Gasteiger partial charge in [-0.05, 0) is 25.8 Å². The second-order valence-corrected chi connectivity index (χ2v) is 8.14. The minimum Gasteiger partial charge on any atom is -0.459 e. The van der Waals surface area contributed by atoms with Crippen LogP contribution in [0.2, 0.25) is 0 Å². The summed E-state index contributed by atoms with van der Waals surface area (Å²) in [5.74, 6) is -0.157. The first kappa shape index (κ1) is 15.4. The zero-order valence-corrected chi connectivity index (χ0v) is 13.9. The number of benzene rings is 1. The largest absolute Gasteiger partial charge is 0.459 e. The topological polar surface area (TPSA) is 46.6 Å². The van der Waals surface area contributed by atoms with Gasteiger partial charge in [-0.25, -0.2) is 4.79 Å². The number of thioether (sulfide) groups is 1. The summed E-state index contributed by atoms with van der Waals surface area (Å²) >= 11 is 1.72. The number of carbonyl (C=O) groups excluding carboxylic acids is 2. The van der Waals surface area contributed by atoms with Gasteiger partial charge < -0.3 is 9.64 Å². The van der Waals surface area contributed by atoms with Crippen molar-refractivity contribution >= 4 is 23.6 Å². The van der Waals surface area contributed by atoms with Crippen molar-refractivity contribution in [1.29, 1.82) is 0 Å². The van der Waals surface area contributed by atoms with Crippen LogP contribution in [0.25, 0.3) is 0 Å². The van der Waals surface area contributed by atoms with E-state index in [-0.39, 0.29) is 34.5 Å². The van der Waals surface area contributed by atoms with Crippen LogP contribution in [0.4, 0.5) is 0 Å². The van der Waals surface area contributed by atoms with E-state index in [0.717, 1.165) is 12.0 Å². The second-order valence-electron chi connectivity index (χ2n) is 6.37. The Balaban J connectivity index is 1.70. The minimum absolute atomic E-state index is 0.0520. The first-order valence-corrected chi connectivity index (χ1v) is 8.54. The van der Waals surface area contributed by atoms with E-state index in [4.69, 9.17) is 4.74 Å². The summed E-state index contributed by atoms with van der Waals surface area (Å²) in [6.07, 6.45) is 0.828. The molecule has 0 N–H and O–H groups in total. The maximum absolute atomic E-state index is 12.5. The van der Waals surface area contributed by atoms with Gasteiger partial charge >= 0.3 is 5.97 Å². The Morgan fingerprint density at radius 3 is 2.64 bits per heavy atom. The van der Waals surface area contributed by atoms with Gasteiger partial charge in [-0.2, -0.15) is 0 Å². The Morgan fingerprint density at radius 2 is 2.00 bits per heavy atom. The van der Waals surface area contributed by atoms with Crippen molar-refractivity contribution in [2.45, 2.75) is 50.0 Å². The lowest BCUT2D eigenvalue weighted by atomic mass is 9.90. The van der Waals surface area contributed by atoms with E-state index in [2.05, 4.69) is 0 Å². The van der Waals surface area contributed by atoms with Crippen LogP contribution in [-0.4, -0.2) is 32.9 Å². The number of hydrogen-bond acceptors (Lipinski definition) is 4. The van der Waals surface area contributed by atoms with Gasteiger partial charge in [0.05, 0.1) is 11.3 Å². The highest BCUT2D eigenvalue weighted by atomic mass is 32.2. The van der Waals surface area contributed by atoms with Crippen molar-refractivity contribution in [2.75, 3.05) is 0 Å². The molecule has 3 rings (SSSR count). The summed E-state index contributed by atoms with van der Waals surface area (Å²) in [4.78, 5) is 26.5. The van der Waals surface area contributed by atoms with E-state index >= 15 is 0 Å². The monoisotopic (exact) mass is 319 g/mol. The number of rotatable bonds is 4. The standard InChI is InChI=1S/C17H21NO3S/c1-4-12-14(19)18-13(17(2,3)22-15(12)18)16(20)21-10-11-8-6-5-7-9-11/h5-9,12-13,15H,4,10H2,1-3H3/t12-,13+,15-/m1/s1. The SMILES string of the molecule is CC[C@@H]1C(=O)N2[C@@H]1SC(C)(C)[C@@H]2C(=O)OCc1ccccc1. The van der Waals surface area contributed by atoms with Gasteiger partial charge in [0.2, 0.25) is 5.91 Å². The Hall–Kier alpha value is -1.49. The van der Waals surface area contributed by atoms with Gasteiger partial charge in [0.25, 0.3) is 0 Å². The van der Waals surface area contributed by atoms with Crippen LogP contribution in [0.1, 0.15) is 32.8 Å². The Labute approximate surface area is 135 Å². The van der Waals surface area contributed by atoms with Crippen LogP contribution >= 0.6 is 11.8 Å². The fraction of sp³-hybridized carbons (Fsp3) is 0.529. The lowest BCUT2D eigenvalue weighted by molar-refractivity contribution is -0.167.